The van der Waals surface area contributed by atoms with E-state index in [1.54, 1.807) is 0 Å². The van der Waals surface area contributed by atoms with Crippen molar-refractivity contribution >= 4 is 11.6 Å². The molecule has 0 spiro atoms. The molecule has 0 amide bonds. The Morgan fingerprint density at radius 1 is 1.38 bits per heavy atom. The van der Waals surface area contributed by atoms with Crippen LogP contribution in [0.4, 0.5) is 0 Å². The third-order valence-electron chi connectivity index (χ3n) is 3.28. The molecular formula is C16H22ClN3O. The first kappa shape index (κ1) is 15.9. The van der Waals surface area contributed by atoms with Gasteiger partial charge < -0.3 is 14.6 Å². The first-order valence-electron chi connectivity index (χ1n) is 7.24. The summed E-state index contributed by atoms with van der Waals surface area (Å²) < 4.78 is 8.02. The summed E-state index contributed by atoms with van der Waals surface area (Å²) in [6.07, 6.45) is 3.65. The lowest BCUT2D eigenvalue weighted by atomic mass is 10.2. The second-order valence-corrected chi connectivity index (χ2v) is 5.62. The predicted octanol–water partition coefficient (Wildman–Crippen LogP) is 3.63. The van der Waals surface area contributed by atoms with Crippen LogP contribution in [0.2, 0.25) is 5.02 Å². The molecule has 2 rings (SSSR count). The molecule has 21 heavy (non-hydrogen) atoms. The second kappa shape index (κ2) is 7.48. The fourth-order valence-corrected chi connectivity index (χ4v) is 2.29. The van der Waals surface area contributed by atoms with Crippen molar-refractivity contribution in [2.24, 2.45) is 0 Å². The first-order chi connectivity index (χ1) is 10.1. The highest BCUT2D eigenvalue weighted by atomic mass is 35.5. The summed E-state index contributed by atoms with van der Waals surface area (Å²) in [5, 5.41) is 4.10. The normalized spacial score (nSPS) is 11.1. The molecule has 0 saturated carbocycles. The van der Waals surface area contributed by atoms with Gasteiger partial charge in [0, 0.05) is 29.7 Å². The molecule has 114 valence electrons. The molecule has 0 unspecified atom stereocenters. The van der Waals surface area contributed by atoms with Crippen molar-refractivity contribution in [3.63, 3.8) is 0 Å². The molecule has 1 N–H and O–H groups in total. The highest BCUT2D eigenvalue weighted by molar-refractivity contribution is 6.31. The van der Waals surface area contributed by atoms with Crippen LogP contribution in [0.5, 0.6) is 5.75 Å². The van der Waals surface area contributed by atoms with Gasteiger partial charge in [0.05, 0.1) is 18.2 Å². The van der Waals surface area contributed by atoms with Gasteiger partial charge in [-0.25, -0.2) is 4.98 Å². The molecule has 4 nitrogen and oxygen atoms in total. The van der Waals surface area contributed by atoms with E-state index in [4.69, 9.17) is 16.3 Å². The summed E-state index contributed by atoms with van der Waals surface area (Å²) in [4.78, 5) is 4.15. The van der Waals surface area contributed by atoms with E-state index >= 15 is 0 Å². The quantitative estimate of drug-likeness (QED) is 0.849. The lowest BCUT2D eigenvalue weighted by Gasteiger charge is -2.15. The maximum absolute atomic E-state index is 6.29. The average Bonchev–Trinajstić information content (AvgIpc) is 2.91. The molecule has 0 fully saturated rings. The minimum atomic E-state index is 0.399. The lowest BCUT2D eigenvalue weighted by Crippen LogP contribution is -2.22. The van der Waals surface area contributed by atoms with Crippen LogP contribution in [0.3, 0.4) is 0 Å². The number of benzene rings is 1. The van der Waals surface area contributed by atoms with Crippen molar-refractivity contribution in [2.45, 2.75) is 46.5 Å². The van der Waals surface area contributed by atoms with Crippen molar-refractivity contribution in [1.82, 2.24) is 14.9 Å². The molecule has 0 atom stereocenters. The zero-order valence-corrected chi connectivity index (χ0v) is 13.5. The number of halogens is 1. The molecule has 0 aliphatic rings. The number of nitrogens with zero attached hydrogens (tertiary/aromatic N) is 2. The zero-order valence-electron chi connectivity index (χ0n) is 12.8. The number of aryl methyl sites for hydroxylation is 1. The van der Waals surface area contributed by atoms with Crippen LogP contribution in [0, 0.1) is 0 Å². The fraction of sp³-hybridized carbons (Fsp3) is 0.438. The molecule has 0 bridgehead atoms. The SMILES string of the molecule is CCn1cncc1COc1cccc(Cl)c1CNC(C)C. The Morgan fingerprint density at radius 2 is 2.19 bits per heavy atom. The van der Waals surface area contributed by atoms with Crippen LogP contribution < -0.4 is 10.1 Å². The molecule has 0 radical (unpaired) electrons. The van der Waals surface area contributed by atoms with Gasteiger partial charge in [-0.3, -0.25) is 0 Å². The number of imidazole rings is 1. The lowest BCUT2D eigenvalue weighted by molar-refractivity contribution is 0.291. The number of hydrogen-bond donors (Lipinski definition) is 1. The minimum Gasteiger partial charge on any atom is -0.487 e. The second-order valence-electron chi connectivity index (χ2n) is 5.21. The largest absolute Gasteiger partial charge is 0.487 e. The van der Waals surface area contributed by atoms with Gasteiger partial charge in [0.2, 0.25) is 0 Å². The van der Waals surface area contributed by atoms with Gasteiger partial charge in [-0.2, -0.15) is 0 Å². The molecule has 1 aromatic carbocycles. The van der Waals surface area contributed by atoms with Crippen LogP contribution in [-0.4, -0.2) is 15.6 Å². The Balaban J connectivity index is 2.10. The van der Waals surface area contributed by atoms with Crippen molar-refractivity contribution in [3.8, 4) is 5.75 Å². The number of ether oxygens (including phenoxy) is 1. The van der Waals surface area contributed by atoms with Crippen molar-refractivity contribution in [3.05, 3.63) is 47.0 Å². The standard InChI is InChI=1S/C16H22ClN3O/c1-4-20-11-18-8-13(20)10-21-16-7-5-6-15(17)14(16)9-19-12(2)3/h5-8,11-12,19H,4,9-10H2,1-3H3. The molecule has 0 aliphatic heterocycles. The Bertz CT molecular complexity index is 581. The van der Waals surface area contributed by atoms with Gasteiger partial charge in [-0.05, 0) is 19.1 Å². The van der Waals surface area contributed by atoms with Crippen LogP contribution in [0.15, 0.2) is 30.7 Å². The van der Waals surface area contributed by atoms with Gasteiger partial charge in [0.25, 0.3) is 0 Å². The Morgan fingerprint density at radius 3 is 2.90 bits per heavy atom. The van der Waals surface area contributed by atoms with Gasteiger partial charge in [0.15, 0.2) is 0 Å². The van der Waals surface area contributed by atoms with Crippen molar-refractivity contribution < 1.29 is 4.74 Å². The van der Waals surface area contributed by atoms with Crippen LogP contribution in [0.25, 0.3) is 0 Å². The van der Waals surface area contributed by atoms with E-state index in [9.17, 15) is 0 Å². The summed E-state index contributed by atoms with van der Waals surface area (Å²) in [5.41, 5.74) is 2.05. The van der Waals surface area contributed by atoms with Crippen LogP contribution in [0.1, 0.15) is 32.0 Å². The van der Waals surface area contributed by atoms with E-state index in [0.29, 0.717) is 19.2 Å². The van der Waals surface area contributed by atoms with E-state index in [1.165, 1.54) is 0 Å². The summed E-state index contributed by atoms with van der Waals surface area (Å²) in [6, 6.07) is 6.15. The maximum Gasteiger partial charge on any atom is 0.130 e. The summed E-state index contributed by atoms with van der Waals surface area (Å²) in [7, 11) is 0. The van der Waals surface area contributed by atoms with E-state index in [-0.39, 0.29) is 0 Å². The molecule has 1 heterocycles. The number of rotatable bonds is 7. The maximum atomic E-state index is 6.29. The Hall–Kier alpha value is -1.52. The van der Waals surface area contributed by atoms with Gasteiger partial charge >= 0.3 is 0 Å². The average molecular weight is 308 g/mol. The third-order valence-corrected chi connectivity index (χ3v) is 3.63. The Labute approximate surface area is 131 Å². The molecule has 0 saturated heterocycles. The van der Waals surface area contributed by atoms with Gasteiger partial charge in [-0.1, -0.05) is 31.5 Å². The van der Waals surface area contributed by atoms with Gasteiger partial charge in [-0.15, -0.1) is 0 Å². The van der Waals surface area contributed by atoms with E-state index in [2.05, 4.69) is 35.6 Å². The molecule has 2 aromatic rings. The number of aromatic nitrogens is 2. The third kappa shape index (κ3) is 4.22. The minimum absolute atomic E-state index is 0.399. The smallest absolute Gasteiger partial charge is 0.130 e. The summed E-state index contributed by atoms with van der Waals surface area (Å²) >= 11 is 6.29. The van der Waals surface area contributed by atoms with Crippen molar-refractivity contribution in [2.75, 3.05) is 0 Å². The van der Waals surface area contributed by atoms with E-state index in [1.807, 2.05) is 30.7 Å². The van der Waals surface area contributed by atoms with Crippen LogP contribution >= 0.6 is 11.6 Å². The molecule has 5 heteroatoms. The summed E-state index contributed by atoms with van der Waals surface area (Å²) in [5.74, 6) is 0.819. The van der Waals surface area contributed by atoms with E-state index < -0.39 is 0 Å². The molecular weight excluding hydrogens is 286 g/mol. The van der Waals surface area contributed by atoms with Gasteiger partial charge in [0.1, 0.15) is 12.4 Å². The Kier molecular flexibility index (Phi) is 5.65. The highest BCUT2D eigenvalue weighted by Gasteiger charge is 2.10. The highest BCUT2D eigenvalue weighted by Crippen LogP contribution is 2.27. The summed E-state index contributed by atoms with van der Waals surface area (Å²) in [6.45, 7) is 8.37. The molecule has 0 aliphatic carbocycles. The van der Waals surface area contributed by atoms with Crippen LogP contribution in [-0.2, 0) is 19.7 Å². The fourth-order valence-electron chi connectivity index (χ4n) is 2.06. The monoisotopic (exact) mass is 307 g/mol. The molecule has 1 aromatic heterocycles. The number of hydrogen-bond acceptors (Lipinski definition) is 3. The van der Waals surface area contributed by atoms with Crippen molar-refractivity contribution in [1.29, 1.82) is 0 Å². The predicted molar refractivity (Wildman–Crippen MR) is 85.7 cm³/mol. The van der Waals surface area contributed by atoms with E-state index in [0.717, 1.165) is 28.6 Å². The zero-order chi connectivity index (χ0) is 15.2. The first-order valence-corrected chi connectivity index (χ1v) is 7.62. The number of nitrogens with one attached hydrogen (secondary N) is 1. The topological polar surface area (TPSA) is 39.1 Å².